The fourth-order valence-corrected chi connectivity index (χ4v) is 2.50. The van der Waals surface area contributed by atoms with Crippen LogP contribution < -0.4 is 22.1 Å². The van der Waals surface area contributed by atoms with Gasteiger partial charge in [0.15, 0.2) is 5.96 Å². The Bertz CT molecular complexity index is 617. The molecule has 0 aliphatic rings. The summed E-state index contributed by atoms with van der Waals surface area (Å²) in [6.45, 7) is 0.486. The highest BCUT2D eigenvalue weighted by molar-refractivity contribution is 5.89. The summed E-state index contributed by atoms with van der Waals surface area (Å²) in [4.78, 5) is 26.1. The fraction of sp³-hybridized carbons (Fsp3) is 0.471. The average molecular weight is 364 g/mol. The molecule has 0 saturated heterocycles. The van der Waals surface area contributed by atoms with Crippen LogP contribution in [0.4, 0.5) is 0 Å². The quantitative estimate of drug-likeness (QED) is 0.179. The molecule has 0 saturated carbocycles. The Hall–Kier alpha value is -2.81. The molecule has 144 valence electrons. The van der Waals surface area contributed by atoms with Crippen molar-refractivity contribution in [2.45, 2.75) is 31.3 Å². The van der Waals surface area contributed by atoms with Crippen molar-refractivity contribution in [2.75, 3.05) is 20.6 Å². The number of hydrogen-bond donors (Lipinski definition) is 6. The molecule has 8 N–H and O–H groups in total. The predicted octanol–water partition coefficient (Wildman–Crippen LogP) is -0.902. The van der Waals surface area contributed by atoms with E-state index in [0.29, 0.717) is 19.4 Å². The number of nitrogens with one attached hydrogen (secondary N) is 3. The number of carbonyl (C=O) groups excluding carboxylic acids is 2. The number of aromatic hydroxyl groups is 1. The van der Waals surface area contributed by atoms with E-state index in [1.807, 2.05) is 0 Å². The molecule has 9 heteroatoms. The van der Waals surface area contributed by atoms with Gasteiger partial charge >= 0.3 is 0 Å². The number of phenolic OH excluding ortho intramolecular Hbond substituents is 1. The number of amides is 2. The molecule has 0 aromatic heterocycles. The van der Waals surface area contributed by atoms with E-state index in [-0.39, 0.29) is 24.0 Å². The van der Waals surface area contributed by atoms with Crippen LogP contribution in [0.2, 0.25) is 0 Å². The summed E-state index contributed by atoms with van der Waals surface area (Å²) in [7, 11) is 3.56. The number of primary amides is 1. The maximum atomic E-state index is 12.6. The van der Waals surface area contributed by atoms with Crippen molar-refractivity contribution in [3.8, 4) is 5.75 Å². The largest absolute Gasteiger partial charge is 0.508 e. The van der Waals surface area contributed by atoms with Crippen molar-refractivity contribution in [3.63, 3.8) is 0 Å². The van der Waals surface area contributed by atoms with Gasteiger partial charge in [-0.05, 0) is 44.6 Å². The van der Waals surface area contributed by atoms with Gasteiger partial charge in [0.2, 0.25) is 11.8 Å². The third-order valence-corrected chi connectivity index (χ3v) is 3.93. The molecule has 1 aromatic rings. The number of carbonyl (C=O) groups is 2. The smallest absolute Gasteiger partial charge is 0.240 e. The summed E-state index contributed by atoms with van der Waals surface area (Å²) >= 11 is 0. The van der Waals surface area contributed by atoms with Crippen LogP contribution in [-0.2, 0) is 16.0 Å². The molecular formula is C17H28N6O3. The number of likely N-dealkylation sites (N-methyl/N-ethyl adjacent to an activating group) is 1. The van der Waals surface area contributed by atoms with Gasteiger partial charge in [-0.2, -0.15) is 0 Å². The van der Waals surface area contributed by atoms with E-state index in [9.17, 15) is 14.7 Å². The molecule has 0 fully saturated rings. The van der Waals surface area contributed by atoms with E-state index in [1.165, 1.54) is 12.1 Å². The minimum Gasteiger partial charge on any atom is -0.508 e. The van der Waals surface area contributed by atoms with Crippen molar-refractivity contribution in [1.82, 2.24) is 15.5 Å². The van der Waals surface area contributed by atoms with E-state index in [4.69, 9.17) is 16.9 Å². The number of phenols is 1. The summed E-state index contributed by atoms with van der Waals surface area (Å²) in [5.41, 5.74) is 11.4. The molecule has 1 rings (SSSR count). The van der Waals surface area contributed by atoms with E-state index < -0.39 is 18.0 Å². The third kappa shape index (κ3) is 7.39. The summed E-state index contributed by atoms with van der Waals surface area (Å²) in [6.07, 6.45) is 1.41. The first-order valence-electron chi connectivity index (χ1n) is 8.32. The Kier molecular flexibility index (Phi) is 8.36. The summed E-state index contributed by atoms with van der Waals surface area (Å²) in [5, 5.41) is 21.8. The van der Waals surface area contributed by atoms with E-state index >= 15 is 0 Å². The molecular weight excluding hydrogens is 336 g/mol. The second-order valence-electron chi connectivity index (χ2n) is 6.30. The average Bonchev–Trinajstić information content (AvgIpc) is 2.55. The fourth-order valence-electron chi connectivity index (χ4n) is 2.50. The molecule has 0 spiro atoms. The predicted molar refractivity (Wildman–Crippen MR) is 99.6 cm³/mol. The highest BCUT2D eigenvalue weighted by Crippen LogP contribution is 2.12. The standard InChI is InChI=1S/C17H28N6O3/c1-23(2)14(4-3-9-21-17(19)20)16(26)22-13(15(18)25)10-11-5-7-12(24)8-6-11/h5-8,13-14,24H,3-4,9-10H2,1-2H3,(H2,18,25)(H,22,26)(H4,19,20,21)/t13-,14-/m0/s1. The number of benzene rings is 1. The molecule has 0 heterocycles. The van der Waals surface area contributed by atoms with Crippen LogP contribution in [0.1, 0.15) is 18.4 Å². The minimum atomic E-state index is -0.843. The highest BCUT2D eigenvalue weighted by Gasteiger charge is 2.25. The molecule has 2 amide bonds. The van der Waals surface area contributed by atoms with Crippen LogP contribution >= 0.6 is 0 Å². The lowest BCUT2D eigenvalue weighted by Gasteiger charge is -2.26. The zero-order chi connectivity index (χ0) is 19.7. The van der Waals surface area contributed by atoms with Crippen LogP contribution in [-0.4, -0.2) is 60.5 Å². The lowest BCUT2D eigenvalue weighted by atomic mass is 10.0. The number of rotatable bonds is 10. The maximum absolute atomic E-state index is 12.6. The first kappa shape index (κ1) is 21.2. The van der Waals surface area contributed by atoms with Gasteiger partial charge in [-0.1, -0.05) is 12.1 Å². The summed E-state index contributed by atoms with van der Waals surface area (Å²) in [5.74, 6) is -0.902. The number of nitrogens with two attached hydrogens (primary N) is 2. The van der Waals surface area contributed by atoms with Gasteiger partial charge in [-0.25, -0.2) is 0 Å². The van der Waals surface area contributed by atoms with Crippen molar-refractivity contribution in [1.29, 1.82) is 5.41 Å². The molecule has 26 heavy (non-hydrogen) atoms. The SMILES string of the molecule is CN(C)[C@@H](CCCNC(=N)N)C(=O)N[C@@H](Cc1ccc(O)cc1)C(N)=O. The van der Waals surface area contributed by atoms with Gasteiger partial charge < -0.3 is 27.2 Å². The number of nitrogens with zero attached hydrogens (tertiary/aromatic N) is 1. The minimum absolute atomic E-state index is 0.112. The van der Waals surface area contributed by atoms with Gasteiger partial charge in [0.1, 0.15) is 11.8 Å². The normalized spacial score (nSPS) is 13.0. The second kappa shape index (κ2) is 10.2. The molecule has 0 aliphatic carbocycles. The molecule has 1 aromatic carbocycles. The van der Waals surface area contributed by atoms with E-state index in [0.717, 1.165) is 5.56 Å². The third-order valence-electron chi connectivity index (χ3n) is 3.93. The van der Waals surface area contributed by atoms with E-state index in [2.05, 4.69) is 10.6 Å². The van der Waals surface area contributed by atoms with Gasteiger partial charge in [0, 0.05) is 13.0 Å². The molecule has 0 radical (unpaired) electrons. The molecule has 9 nitrogen and oxygen atoms in total. The number of guanidine groups is 1. The van der Waals surface area contributed by atoms with Crippen molar-refractivity contribution >= 4 is 17.8 Å². The van der Waals surface area contributed by atoms with Crippen LogP contribution in [0.5, 0.6) is 5.75 Å². The van der Waals surface area contributed by atoms with Crippen molar-refractivity contribution in [3.05, 3.63) is 29.8 Å². The van der Waals surface area contributed by atoms with Crippen molar-refractivity contribution < 1.29 is 14.7 Å². The summed E-state index contributed by atoms with van der Waals surface area (Å²) in [6, 6.07) is 5.10. The van der Waals surface area contributed by atoms with Gasteiger partial charge in [-0.15, -0.1) is 0 Å². The highest BCUT2D eigenvalue weighted by atomic mass is 16.3. The van der Waals surface area contributed by atoms with Gasteiger partial charge in [0.05, 0.1) is 6.04 Å². The Morgan fingerprint density at radius 3 is 2.35 bits per heavy atom. The summed E-state index contributed by atoms with van der Waals surface area (Å²) < 4.78 is 0. The maximum Gasteiger partial charge on any atom is 0.240 e. The molecule has 0 unspecified atom stereocenters. The van der Waals surface area contributed by atoms with Crippen molar-refractivity contribution in [2.24, 2.45) is 11.5 Å². The second-order valence-corrected chi connectivity index (χ2v) is 6.30. The van der Waals surface area contributed by atoms with Gasteiger partial charge in [-0.3, -0.25) is 19.9 Å². The molecule has 0 aliphatic heterocycles. The lowest BCUT2D eigenvalue weighted by molar-refractivity contribution is -0.130. The van der Waals surface area contributed by atoms with Crippen LogP contribution in [0.25, 0.3) is 0 Å². The van der Waals surface area contributed by atoms with Crippen LogP contribution in [0, 0.1) is 5.41 Å². The lowest BCUT2D eigenvalue weighted by Crippen LogP contribution is -2.52. The Labute approximate surface area is 153 Å². The van der Waals surface area contributed by atoms with Crippen LogP contribution in [0.15, 0.2) is 24.3 Å². The number of hydrogen-bond acceptors (Lipinski definition) is 5. The monoisotopic (exact) mass is 364 g/mol. The zero-order valence-electron chi connectivity index (χ0n) is 15.2. The Balaban J connectivity index is 2.68. The molecule has 2 atom stereocenters. The zero-order valence-corrected chi connectivity index (χ0v) is 15.2. The van der Waals surface area contributed by atoms with E-state index in [1.54, 1.807) is 31.1 Å². The van der Waals surface area contributed by atoms with Crippen LogP contribution in [0.3, 0.4) is 0 Å². The molecule has 0 bridgehead atoms. The topological polar surface area (TPSA) is 158 Å². The Morgan fingerprint density at radius 1 is 1.23 bits per heavy atom. The van der Waals surface area contributed by atoms with Gasteiger partial charge in [0.25, 0.3) is 0 Å². The Morgan fingerprint density at radius 2 is 1.85 bits per heavy atom. The first-order valence-corrected chi connectivity index (χ1v) is 8.32. The first-order chi connectivity index (χ1) is 12.2.